The van der Waals surface area contributed by atoms with Crippen LogP contribution in [-0.4, -0.2) is 51.8 Å². The van der Waals surface area contributed by atoms with Crippen molar-refractivity contribution in [2.45, 2.75) is 25.3 Å². The predicted molar refractivity (Wildman–Crippen MR) is 94.2 cm³/mol. The summed E-state index contributed by atoms with van der Waals surface area (Å²) in [5, 5.41) is 4.12. The molecule has 138 valence electrons. The Bertz CT molecular complexity index is 962. The Morgan fingerprint density at radius 3 is 2.73 bits per heavy atom. The normalized spacial score (nSPS) is 16.5. The lowest BCUT2D eigenvalue weighted by atomic mass is 10.1. The fraction of sp³-hybridized carbons (Fsp3) is 0.412. The number of aromatic nitrogens is 3. The van der Waals surface area contributed by atoms with Gasteiger partial charge in [-0.05, 0) is 24.7 Å². The van der Waals surface area contributed by atoms with E-state index in [9.17, 15) is 13.2 Å². The highest BCUT2D eigenvalue weighted by Crippen LogP contribution is 2.34. The summed E-state index contributed by atoms with van der Waals surface area (Å²) in [6.07, 6.45) is -3.09. The Kier molecular flexibility index (Phi) is 4.29. The third-order valence-electron chi connectivity index (χ3n) is 4.65. The lowest BCUT2D eigenvalue weighted by Gasteiger charge is -2.36. The minimum absolute atomic E-state index is 0.0210. The van der Waals surface area contributed by atoms with Crippen molar-refractivity contribution in [1.29, 1.82) is 0 Å². The molecule has 1 saturated heterocycles. The molecule has 1 fully saturated rings. The first-order valence-electron chi connectivity index (χ1n) is 8.22. The summed E-state index contributed by atoms with van der Waals surface area (Å²) in [6.45, 7) is 1.51. The molecule has 2 aromatic heterocycles. The molecule has 9 heteroatoms. The van der Waals surface area contributed by atoms with E-state index in [0.717, 1.165) is 23.2 Å². The third-order valence-corrected chi connectivity index (χ3v) is 4.93. The molecule has 3 aromatic rings. The van der Waals surface area contributed by atoms with E-state index in [2.05, 4.69) is 27.2 Å². The number of nitrogens with zero attached hydrogens (tertiary/aromatic N) is 4. The zero-order valence-corrected chi connectivity index (χ0v) is 14.8. The molecule has 0 aliphatic carbocycles. The highest BCUT2D eigenvalue weighted by atomic mass is 35.5. The Hall–Kier alpha value is -1.90. The van der Waals surface area contributed by atoms with Crippen molar-refractivity contribution in [2.24, 2.45) is 0 Å². The minimum Gasteiger partial charge on any atom is -0.327 e. The Labute approximate surface area is 152 Å². The highest BCUT2D eigenvalue weighted by molar-refractivity contribution is 6.34. The number of fused-ring (bicyclic) bond motifs is 3. The van der Waals surface area contributed by atoms with E-state index in [1.54, 1.807) is 6.07 Å². The maximum atomic E-state index is 13.1. The second kappa shape index (κ2) is 6.37. The van der Waals surface area contributed by atoms with E-state index >= 15 is 0 Å². The van der Waals surface area contributed by atoms with Crippen LogP contribution in [0.4, 0.5) is 13.2 Å². The zero-order chi connectivity index (χ0) is 18.5. The average Bonchev–Trinajstić information content (AvgIpc) is 2.84. The van der Waals surface area contributed by atoms with Crippen LogP contribution in [0, 0.1) is 0 Å². The van der Waals surface area contributed by atoms with Crippen molar-refractivity contribution in [3.05, 3.63) is 35.2 Å². The molecule has 3 heterocycles. The maximum Gasteiger partial charge on any atom is 0.406 e. The Morgan fingerprint density at radius 2 is 2.04 bits per heavy atom. The summed E-state index contributed by atoms with van der Waals surface area (Å²) in [7, 11) is 2.06. The number of rotatable bonds is 4. The number of hydrogen-bond donors (Lipinski definition) is 1. The van der Waals surface area contributed by atoms with Gasteiger partial charge in [-0.15, -0.1) is 0 Å². The van der Waals surface area contributed by atoms with E-state index < -0.39 is 12.7 Å². The molecular formula is C17H17ClF3N5. The zero-order valence-electron chi connectivity index (χ0n) is 14.0. The largest absolute Gasteiger partial charge is 0.406 e. The summed E-state index contributed by atoms with van der Waals surface area (Å²) in [5.74, 6) is 0. The fourth-order valence-electron chi connectivity index (χ4n) is 3.47. The van der Waals surface area contributed by atoms with Gasteiger partial charge in [0.1, 0.15) is 23.9 Å². The van der Waals surface area contributed by atoms with Gasteiger partial charge in [-0.3, -0.25) is 0 Å². The molecule has 1 aliphatic heterocycles. The number of likely N-dealkylation sites (N-methyl/N-ethyl adjacent to an activating group) is 1. The van der Waals surface area contributed by atoms with Crippen LogP contribution in [0.15, 0.2) is 24.5 Å². The Morgan fingerprint density at radius 1 is 1.27 bits per heavy atom. The first-order valence-corrected chi connectivity index (χ1v) is 8.59. The van der Waals surface area contributed by atoms with Crippen molar-refractivity contribution in [3.8, 4) is 0 Å². The lowest BCUT2D eigenvalue weighted by Crippen LogP contribution is -2.55. The van der Waals surface area contributed by atoms with Crippen LogP contribution in [0.1, 0.15) is 5.56 Å². The summed E-state index contributed by atoms with van der Waals surface area (Å²) in [4.78, 5) is 10.2. The summed E-state index contributed by atoms with van der Waals surface area (Å²) >= 11 is 6.09. The first kappa shape index (κ1) is 17.5. The lowest BCUT2D eigenvalue weighted by molar-refractivity contribution is -0.139. The fourth-order valence-corrected chi connectivity index (χ4v) is 3.70. The molecule has 0 amide bonds. The van der Waals surface area contributed by atoms with E-state index in [-0.39, 0.29) is 10.7 Å². The average molecular weight is 384 g/mol. The number of halogens is 4. The van der Waals surface area contributed by atoms with E-state index in [1.807, 2.05) is 12.1 Å². The van der Waals surface area contributed by atoms with Gasteiger partial charge in [-0.1, -0.05) is 17.7 Å². The third kappa shape index (κ3) is 3.24. The van der Waals surface area contributed by atoms with E-state index in [0.29, 0.717) is 29.0 Å². The first-order chi connectivity index (χ1) is 12.3. The maximum absolute atomic E-state index is 13.1. The molecule has 1 aliphatic rings. The van der Waals surface area contributed by atoms with Crippen molar-refractivity contribution < 1.29 is 13.2 Å². The number of hydrogen-bond acceptors (Lipinski definition) is 4. The molecule has 0 unspecified atom stereocenters. The van der Waals surface area contributed by atoms with Gasteiger partial charge in [0, 0.05) is 31.1 Å². The van der Waals surface area contributed by atoms with Crippen molar-refractivity contribution in [2.75, 3.05) is 20.1 Å². The molecule has 1 aromatic carbocycles. The molecule has 26 heavy (non-hydrogen) atoms. The monoisotopic (exact) mass is 383 g/mol. The highest BCUT2D eigenvalue weighted by Gasteiger charge is 2.31. The van der Waals surface area contributed by atoms with Crippen LogP contribution in [0.5, 0.6) is 0 Å². The van der Waals surface area contributed by atoms with Crippen molar-refractivity contribution in [3.63, 3.8) is 0 Å². The SMILES string of the molecule is CN1CC(NCc2ccc3c(c2)c2ncnc(Cl)c2n3CC(F)(F)F)C1. The number of benzene rings is 1. The van der Waals surface area contributed by atoms with Gasteiger partial charge in [0.15, 0.2) is 5.15 Å². The minimum atomic E-state index is -4.37. The van der Waals surface area contributed by atoms with Gasteiger partial charge in [0.2, 0.25) is 0 Å². The standard InChI is InChI=1S/C17H17ClF3N5/c1-25-6-11(7-25)22-5-10-2-3-13-12(4-10)14-15(16(18)24-9-23-14)26(13)8-17(19,20)21/h2-4,9,11,22H,5-8H2,1H3. The molecule has 1 N–H and O–H groups in total. The predicted octanol–water partition coefficient (Wildman–Crippen LogP) is 3.20. The van der Waals surface area contributed by atoms with Crippen molar-refractivity contribution >= 4 is 33.5 Å². The topological polar surface area (TPSA) is 46.0 Å². The molecule has 0 saturated carbocycles. The second-order valence-electron chi connectivity index (χ2n) is 6.71. The Balaban J connectivity index is 1.75. The molecule has 0 bridgehead atoms. The van der Waals surface area contributed by atoms with Crippen molar-refractivity contribution in [1.82, 2.24) is 24.8 Å². The summed E-state index contributed by atoms with van der Waals surface area (Å²) in [5.41, 5.74) is 2.10. The summed E-state index contributed by atoms with van der Waals surface area (Å²) in [6, 6.07) is 5.86. The van der Waals surface area contributed by atoms with Gasteiger partial charge in [-0.2, -0.15) is 13.2 Å². The number of likely N-dealkylation sites (tertiary alicyclic amines) is 1. The number of alkyl halides is 3. The van der Waals surface area contributed by atoms with Crippen LogP contribution >= 0.6 is 11.6 Å². The van der Waals surface area contributed by atoms with Gasteiger partial charge < -0.3 is 14.8 Å². The van der Waals surface area contributed by atoms with Crippen LogP contribution < -0.4 is 5.32 Å². The smallest absolute Gasteiger partial charge is 0.327 e. The molecular weight excluding hydrogens is 367 g/mol. The number of nitrogens with one attached hydrogen (secondary N) is 1. The van der Waals surface area contributed by atoms with E-state index in [4.69, 9.17) is 11.6 Å². The summed E-state index contributed by atoms with van der Waals surface area (Å²) < 4.78 is 40.3. The quantitative estimate of drug-likeness (QED) is 0.703. The van der Waals surface area contributed by atoms with Crippen LogP contribution in [0.25, 0.3) is 21.9 Å². The molecule has 5 nitrogen and oxygen atoms in total. The van der Waals surface area contributed by atoms with Crippen LogP contribution in [0.3, 0.4) is 0 Å². The molecule has 0 atom stereocenters. The molecule has 4 rings (SSSR count). The van der Waals surface area contributed by atoms with Gasteiger partial charge in [0.05, 0.1) is 5.52 Å². The van der Waals surface area contributed by atoms with Crippen LogP contribution in [-0.2, 0) is 13.1 Å². The van der Waals surface area contributed by atoms with Crippen LogP contribution in [0.2, 0.25) is 5.15 Å². The van der Waals surface area contributed by atoms with E-state index in [1.165, 1.54) is 6.33 Å². The molecule has 0 radical (unpaired) electrons. The van der Waals surface area contributed by atoms with Gasteiger partial charge in [-0.25, -0.2) is 9.97 Å². The second-order valence-corrected chi connectivity index (χ2v) is 7.07. The van der Waals surface area contributed by atoms with Gasteiger partial charge in [0.25, 0.3) is 0 Å². The molecule has 0 spiro atoms. The van der Waals surface area contributed by atoms with Gasteiger partial charge >= 0.3 is 6.18 Å².